The van der Waals surface area contributed by atoms with E-state index in [1.165, 1.54) is 24.7 Å². The van der Waals surface area contributed by atoms with Crippen LogP contribution in [0.5, 0.6) is 0 Å². The first-order chi connectivity index (χ1) is 8.74. The summed E-state index contributed by atoms with van der Waals surface area (Å²) in [7, 11) is 0. The van der Waals surface area contributed by atoms with Crippen molar-refractivity contribution in [2.24, 2.45) is 5.41 Å². The number of carbonyl (C=O) groups excluding carboxylic acids is 1. The Bertz CT molecular complexity index is 433. The molecule has 1 unspecified atom stereocenters. The van der Waals surface area contributed by atoms with E-state index >= 15 is 0 Å². The molecule has 0 spiro atoms. The Kier molecular flexibility index (Phi) is 3.29. The fourth-order valence-corrected chi connectivity index (χ4v) is 4.54. The summed E-state index contributed by atoms with van der Waals surface area (Å²) in [5.41, 5.74) is 1.45. The van der Waals surface area contributed by atoms with Crippen LogP contribution >= 0.6 is 11.3 Å². The van der Waals surface area contributed by atoms with E-state index in [9.17, 15) is 4.79 Å². The molecule has 0 amide bonds. The highest BCUT2D eigenvalue weighted by Crippen LogP contribution is 2.40. The van der Waals surface area contributed by atoms with Crippen LogP contribution in [0.25, 0.3) is 0 Å². The molecule has 0 bridgehead atoms. The fraction of sp³-hybridized carbons (Fsp3) is 0.667. The Hall–Kier alpha value is -0.670. The third kappa shape index (κ3) is 2.04. The molecule has 0 N–H and O–H groups in total. The Morgan fingerprint density at radius 2 is 2.28 bits per heavy atom. The van der Waals surface area contributed by atoms with Gasteiger partial charge in [-0.1, -0.05) is 12.8 Å². The third-order valence-electron chi connectivity index (χ3n) is 4.77. The van der Waals surface area contributed by atoms with Crippen molar-refractivity contribution in [2.45, 2.75) is 45.1 Å². The van der Waals surface area contributed by atoms with Crippen molar-refractivity contribution in [1.82, 2.24) is 4.90 Å². The van der Waals surface area contributed by atoms with Gasteiger partial charge in [0, 0.05) is 29.4 Å². The van der Waals surface area contributed by atoms with Gasteiger partial charge in [-0.15, -0.1) is 11.3 Å². The number of fused-ring (bicyclic) bond motifs is 1. The van der Waals surface area contributed by atoms with E-state index < -0.39 is 0 Å². The first kappa shape index (κ1) is 12.4. The van der Waals surface area contributed by atoms with E-state index in [0.29, 0.717) is 6.04 Å². The van der Waals surface area contributed by atoms with Crippen LogP contribution in [-0.2, 0) is 11.2 Å². The zero-order chi connectivity index (χ0) is 12.6. The minimum Gasteiger partial charge on any atom is -0.303 e. The number of hydrogen-bond acceptors (Lipinski definition) is 3. The van der Waals surface area contributed by atoms with Gasteiger partial charge in [0.05, 0.1) is 0 Å². The highest BCUT2D eigenvalue weighted by Gasteiger charge is 2.37. The van der Waals surface area contributed by atoms with E-state index in [0.717, 1.165) is 32.4 Å². The summed E-state index contributed by atoms with van der Waals surface area (Å²) in [6.45, 7) is 4.37. The number of nitrogens with zero attached hydrogens (tertiary/aromatic N) is 1. The molecule has 1 aliphatic heterocycles. The van der Waals surface area contributed by atoms with Gasteiger partial charge in [0.1, 0.15) is 6.29 Å². The van der Waals surface area contributed by atoms with Crippen LogP contribution < -0.4 is 0 Å². The summed E-state index contributed by atoms with van der Waals surface area (Å²) in [5.74, 6) is 0. The smallest absolute Gasteiger partial charge is 0.127 e. The molecule has 1 fully saturated rings. The van der Waals surface area contributed by atoms with Gasteiger partial charge in [-0.05, 0) is 43.2 Å². The van der Waals surface area contributed by atoms with Crippen LogP contribution in [0, 0.1) is 5.41 Å². The molecule has 0 saturated heterocycles. The van der Waals surface area contributed by atoms with Crippen molar-refractivity contribution >= 4 is 17.6 Å². The third-order valence-corrected chi connectivity index (χ3v) is 5.77. The Balaban J connectivity index is 1.76. The standard InChI is InChI=1S/C15H21NOS/c1-12-13-5-9-18-14(13)4-8-16(12)10-15(11-17)6-2-3-7-15/h5,9,11-12H,2-4,6-8,10H2,1H3. The molecule has 3 heteroatoms. The quantitative estimate of drug-likeness (QED) is 0.779. The van der Waals surface area contributed by atoms with Gasteiger partial charge >= 0.3 is 0 Å². The normalized spacial score (nSPS) is 27.1. The van der Waals surface area contributed by atoms with E-state index in [-0.39, 0.29) is 5.41 Å². The van der Waals surface area contributed by atoms with Gasteiger partial charge in [-0.25, -0.2) is 0 Å². The first-order valence-corrected chi connectivity index (χ1v) is 7.89. The Morgan fingerprint density at radius 1 is 1.50 bits per heavy atom. The molecule has 2 nitrogen and oxygen atoms in total. The lowest BCUT2D eigenvalue weighted by Crippen LogP contribution is -2.41. The number of rotatable bonds is 3. The maximum absolute atomic E-state index is 11.5. The maximum Gasteiger partial charge on any atom is 0.127 e. The molecule has 18 heavy (non-hydrogen) atoms. The molecule has 0 radical (unpaired) electrons. The lowest BCUT2D eigenvalue weighted by molar-refractivity contribution is -0.117. The van der Waals surface area contributed by atoms with Crippen molar-refractivity contribution in [2.75, 3.05) is 13.1 Å². The van der Waals surface area contributed by atoms with Gasteiger partial charge in [0.25, 0.3) is 0 Å². The topological polar surface area (TPSA) is 20.3 Å². The number of carbonyl (C=O) groups is 1. The maximum atomic E-state index is 11.5. The van der Waals surface area contributed by atoms with Crippen molar-refractivity contribution in [3.05, 3.63) is 21.9 Å². The van der Waals surface area contributed by atoms with Crippen molar-refractivity contribution in [1.29, 1.82) is 0 Å². The van der Waals surface area contributed by atoms with Gasteiger partial charge in [-0.3, -0.25) is 4.90 Å². The molecule has 1 aliphatic carbocycles. The van der Waals surface area contributed by atoms with E-state index in [1.54, 1.807) is 4.88 Å². The molecule has 3 rings (SSSR count). The van der Waals surface area contributed by atoms with E-state index in [1.807, 2.05) is 11.3 Å². The fourth-order valence-electron chi connectivity index (χ4n) is 3.57. The van der Waals surface area contributed by atoms with Gasteiger partial charge in [0.15, 0.2) is 0 Å². The van der Waals surface area contributed by atoms with Crippen LogP contribution in [0.15, 0.2) is 11.4 Å². The molecular weight excluding hydrogens is 242 g/mol. The highest BCUT2D eigenvalue weighted by molar-refractivity contribution is 7.10. The zero-order valence-corrected chi connectivity index (χ0v) is 11.8. The summed E-state index contributed by atoms with van der Waals surface area (Å²) in [6.07, 6.45) is 7.05. The first-order valence-electron chi connectivity index (χ1n) is 7.01. The molecule has 98 valence electrons. The molecule has 1 saturated carbocycles. The summed E-state index contributed by atoms with van der Waals surface area (Å²) >= 11 is 1.88. The second-order valence-corrected chi connectivity index (χ2v) is 6.88. The predicted molar refractivity (Wildman–Crippen MR) is 75.0 cm³/mol. The number of hydrogen-bond donors (Lipinski definition) is 0. The Labute approximate surface area is 113 Å². The minimum absolute atomic E-state index is 0.0399. The van der Waals surface area contributed by atoms with Crippen molar-refractivity contribution in [3.63, 3.8) is 0 Å². The van der Waals surface area contributed by atoms with Gasteiger partial charge in [-0.2, -0.15) is 0 Å². The summed E-state index contributed by atoms with van der Waals surface area (Å²) in [4.78, 5) is 15.5. The van der Waals surface area contributed by atoms with Crippen LogP contribution in [0.4, 0.5) is 0 Å². The summed E-state index contributed by atoms with van der Waals surface area (Å²) in [6, 6.07) is 2.75. The van der Waals surface area contributed by atoms with Gasteiger partial charge < -0.3 is 4.79 Å². The van der Waals surface area contributed by atoms with E-state index in [4.69, 9.17) is 0 Å². The number of thiophene rings is 1. The lowest BCUT2D eigenvalue weighted by Gasteiger charge is -2.38. The molecule has 0 aromatic carbocycles. The van der Waals surface area contributed by atoms with Crippen molar-refractivity contribution in [3.8, 4) is 0 Å². The van der Waals surface area contributed by atoms with Crippen LogP contribution in [0.1, 0.15) is 49.1 Å². The second kappa shape index (κ2) is 4.78. The largest absolute Gasteiger partial charge is 0.303 e. The minimum atomic E-state index is -0.0399. The van der Waals surface area contributed by atoms with Crippen LogP contribution in [0.2, 0.25) is 0 Å². The molecule has 1 atom stereocenters. The predicted octanol–water partition coefficient (Wildman–Crippen LogP) is 3.43. The van der Waals surface area contributed by atoms with Crippen LogP contribution in [-0.4, -0.2) is 24.3 Å². The lowest BCUT2D eigenvalue weighted by atomic mass is 9.86. The van der Waals surface area contributed by atoms with Crippen LogP contribution in [0.3, 0.4) is 0 Å². The number of aldehydes is 1. The average molecular weight is 263 g/mol. The second-order valence-electron chi connectivity index (χ2n) is 5.88. The molecule has 2 aliphatic rings. The average Bonchev–Trinajstić information content (AvgIpc) is 3.03. The molecule has 1 aromatic heterocycles. The van der Waals surface area contributed by atoms with Gasteiger partial charge in [0.2, 0.25) is 0 Å². The van der Waals surface area contributed by atoms with Crippen molar-refractivity contribution < 1.29 is 4.79 Å². The summed E-state index contributed by atoms with van der Waals surface area (Å²) in [5, 5.41) is 2.20. The monoisotopic (exact) mass is 263 g/mol. The zero-order valence-electron chi connectivity index (χ0n) is 11.0. The summed E-state index contributed by atoms with van der Waals surface area (Å²) < 4.78 is 0. The highest BCUT2D eigenvalue weighted by atomic mass is 32.1. The molecular formula is C15H21NOS. The molecule has 1 aromatic rings. The van der Waals surface area contributed by atoms with E-state index in [2.05, 4.69) is 23.3 Å². The SMILES string of the molecule is CC1c2ccsc2CCN1CC1(C=O)CCCC1. The Morgan fingerprint density at radius 3 is 3.00 bits per heavy atom. The molecule has 2 heterocycles.